The highest BCUT2D eigenvalue weighted by atomic mass is 15.2. The van der Waals surface area contributed by atoms with Crippen LogP contribution in [-0.4, -0.2) is 36.6 Å². The average Bonchev–Trinajstić information content (AvgIpc) is 3.11. The molecule has 0 heterocycles. The van der Waals surface area contributed by atoms with Crippen molar-refractivity contribution in [2.24, 2.45) is 0 Å². The van der Waals surface area contributed by atoms with Crippen LogP contribution in [0.2, 0.25) is 0 Å². The quantitative estimate of drug-likeness (QED) is 0.791. The fourth-order valence-corrected chi connectivity index (χ4v) is 3.48. The van der Waals surface area contributed by atoms with Crippen LogP contribution < -0.4 is 5.32 Å². The van der Waals surface area contributed by atoms with E-state index in [0.29, 0.717) is 0 Å². The number of nitrogens with one attached hydrogen (secondary N) is 1. The van der Waals surface area contributed by atoms with E-state index in [-0.39, 0.29) is 0 Å². The summed E-state index contributed by atoms with van der Waals surface area (Å²) < 4.78 is 0. The van der Waals surface area contributed by atoms with E-state index in [4.69, 9.17) is 0 Å². The van der Waals surface area contributed by atoms with Gasteiger partial charge in [0, 0.05) is 18.1 Å². The van der Waals surface area contributed by atoms with Crippen LogP contribution in [0.15, 0.2) is 0 Å². The third-order valence-electron chi connectivity index (χ3n) is 4.52. The summed E-state index contributed by atoms with van der Waals surface area (Å²) in [6, 6.07) is 2.48. The Morgan fingerprint density at radius 1 is 1.00 bits per heavy atom. The van der Waals surface area contributed by atoms with Gasteiger partial charge < -0.3 is 5.32 Å². The third-order valence-corrected chi connectivity index (χ3v) is 4.52. The molecule has 0 saturated heterocycles. The summed E-state index contributed by atoms with van der Waals surface area (Å²) >= 11 is 0. The van der Waals surface area contributed by atoms with Gasteiger partial charge in [-0.2, -0.15) is 0 Å². The fourth-order valence-electron chi connectivity index (χ4n) is 3.48. The number of likely N-dealkylation sites (N-methyl/N-ethyl adjacent to an activating group) is 1. The maximum absolute atomic E-state index is 3.60. The van der Waals surface area contributed by atoms with Crippen LogP contribution in [0.3, 0.4) is 0 Å². The van der Waals surface area contributed by atoms with E-state index in [1.165, 1.54) is 64.3 Å². The zero-order valence-electron chi connectivity index (χ0n) is 11.8. The van der Waals surface area contributed by atoms with Crippen LogP contribution >= 0.6 is 0 Å². The summed E-state index contributed by atoms with van der Waals surface area (Å²) in [5.41, 5.74) is 0. The standard InChI is InChI=1S/C15H30N2/c1-3-12-17(13-10-11-13)15-9-7-5-4-6-8-14(15)16-2/h13-16H,3-12H2,1-2H3. The Kier molecular flexibility index (Phi) is 5.30. The Morgan fingerprint density at radius 3 is 2.29 bits per heavy atom. The van der Waals surface area contributed by atoms with Gasteiger partial charge in [-0.1, -0.05) is 32.6 Å². The lowest BCUT2D eigenvalue weighted by atomic mass is 9.91. The molecule has 2 atom stereocenters. The molecule has 2 saturated carbocycles. The Balaban J connectivity index is 1.99. The van der Waals surface area contributed by atoms with Crippen LogP contribution in [-0.2, 0) is 0 Å². The number of hydrogen-bond acceptors (Lipinski definition) is 2. The zero-order chi connectivity index (χ0) is 12.1. The predicted molar refractivity (Wildman–Crippen MR) is 74.4 cm³/mol. The molecule has 2 unspecified atom stereocenters. The highest BCUT2D eigenvalue weighted by Crippen LogP contribution is 2.33. The molecule has 2 nitrogen and oxygen atoms in total. The molecular weight excluding hydrogens is 208 g/mol. The van der Waals surface area contributed by atoms with E-state index in [1.807, 2.05) is 0 Å². The predicted octanol–water partition coefficient (Wildman–Crippen LogP) is 3.17. The molecule has 2 fully saturated rings. The van der Waals surface area contributed by atoms with Gasteiger partial charge in [-0.25, -0.2) is 0 Å². The van der Waals surface area contributed by atoms with Gasteiger partial charge in [0.1, 0.15) is 0 Å². The molecule has 0 aromatic heterocycles. The summed E-state index contributed by atoms with van der Waals surface area (Å²) in [6.45, 7) is 3.64. The van der Waals surface area contributed by atoms with Crippen LogP contribution in [0, 0.1) is 0 Å². The second-order valence-electron chi connectivity index (χ2n) is 5.92. The van der Waals surface area contributed by atoms with Gasteiger partial charge in [-0.15, -0.1) is 0 Å². The summed E-state index contributed by atoms with van der Waals surface area (Å²) in [6.07, 6.45) is 12.8. The van der Waals surface area contributed by atoms with Gasteiger partial charge >= 0.3 is 0 Å². The maximum atomic E-state index is 3.60. The van der Waals surface area contributed by atoms with Crippen molar-refractivity contribution in [3.8, 4) is 0 Å². The maximum Gasteiger partial charge on any atom is 0.0252 e. The van der Waals surface area contributed by atoms with Crippen molar-refractivity contribution in [3.63, 3.8) is 0 Å². The molecule has 0 amide bonds. The Bertz CT molecular complexity index is 213. The molecule has 2 heteroatoms. The topological polar surface area (TPSA) is 15.3 Å². The first-order chi connectivity index (χ1) is 8.36. The van der Waals surface area contributed by atoms with E-state index >= 15 is 0 Å². The summed E-state index contributed by atoms with van der Waals surface area (Å²) in [5.74, 6) is 0. The van der Waals surface area contributed by atoms with Crippen molar-refractivity contribution in [3.05, 3.63) is 0 Å². The van der Waals surface area contributed by atoms with Crippen molar-refractivity contribution in [1.82, 2.24) is 10.2 Å². The number of hydrogen-bond donors (Lipinski definition) is 1. The Hall–Kier alpha value is -0.0800. The van der Waals surface area contributed by atoms with E-state index in [0.717, 1.165) is 18.1 Å². The molecule has 0 aromatic carbocycles. The second kappa shape index (κ2) is 6.75. The highest BCUT2D eigenvalue weighted by molar-refractivity contribution is 4.93. The monoisotopic (exact) mass is 238 g/mol. The van der Waals surface area contributed by atoms with Gasteiger partial charge in [0.2, 0.25) is 0 Å². The Labute approximate surface area is 107 Å². The Morgan fingerprint density at radius 2 is 1.71 bits per heavy atom. The molecule has 0 spiro atoms. The molecule has 2 aliphatic rings. The lowest BCUT2D eigenvalue weighted by Crippen LogP contribution is -2.50. The lowest BCUT2D eigenvalue weighted by molar-refractivity contribution is 0.128. The molecule has 0 aromatic rings. The van der Waals surface area contributed by atoms with Crippen molar-refractivity contribution in [1.29, 1.82) is 0 Å². The minimum Gasteiger partial charge on any atom is -0.315 e. The van der Waals surface area contributed by atoms with Gasteiger partial charge in [0.15, 0.2) is 0 Å². The summed E-state index contributed by atoms with van der Waals surface area (Å²) in [5, 5.41) is 3.60. The van der Waals surface area contributed by atoms with Crippen molar-refractivity contribution < 1.29 is 0 Å². The van der Waals surface area contributed by atoms with E-state index in [9.17, 15) is 0 Å². The molecule has 2 rings (SSSR count). The third kappa shape index (κ3) is 3.69. The molecule has 0 aliphatic heterocycles. The minimum atomic E-state index is 0.738. The van der Waals surface area contributed by atoms with E-state index in [1.54, 1.807) is 0 Å². The highest BCUT2D eigenvalue weighted by Gasteiger charge is 2.36. The van der Waals surface area contributed by atoms with Gasteiger partial charge in [-0.05, 0) is 45.7 Å². The molecule has 0 bridgehead atoms. The van der Waals surface area contributed by atoms with Crippen LogP contribution in [0.5, 0.6) is 0 Å². The first-order valence-corrected chi connectivity index (χ1v) is 7.79. The summed E-state index contributed by atoms with van der Waals surface area (Å²) in [7, 11) is 2.16. The van der Waals surface area contributed by atoms with Crippen LogP contribution in [0.25, 0.3) is 0 Å². The fraction of sp³-hybridized carbons (Fsp3) is 1.00. The zero-order valence-corrected chi connectivity index (χ0v) is 11.8. The molecule has 1 N–H and O–H groups in total. The molecular formula is C15H30N2. The average molecular weight is 238 g/mol. The molecule has 17 heavy (non-hydrogen) atoms. The van der Waals surface area contributed by atoms with Gasteiger partial charge in [-0.3, -0.25) is 4.90 Å². The molecule has 100 valence electrons. The van der Waals surface area contributed by atoms with Crippen LogP contribution in [0.4, 0.5) is 0 Å². The lowest BCUT2D eigenvalue weighted by Gasteiger charge is -2.38. The first-order valence-electron chi connectivity index (χ1n) is 7.79. The van der Waals surface area contributed by atoms with Gasteiger partial charge in [0.05, 0.1) is 0 Å². The number of nitrogens with zero attached hydrogens (tertiary/aromatic N) is 1. The minimum absolute atomic E-state index is 0.738. The van der Waals surface area contributed by atoms with Crippen molar-refractivity contribution in [2.75, 3.05) is 13.6 Å². The normalized spacial score (nSPS) is 31.2. The van der Waals surface area contributed by atoms with Crippen molar-refractivity contribution in [2.45, 2.75) is 82.8 Å². The summed E-state index contributed by atoms with van der Waals surface area (Å²) in [4.78, 5) is 2.84. The van der Waals surface area contributed by atoms with Crippen molar-refractivity contribution >= 4 is 0 Å². The number of rotatable bonds is 5. The van der Waals surface area contributed by atoms with Gasteiger partial charge in [0.25, 0.3) is 0 Å². The first kappa shape index (κ1) is 13.4. The molecule has 0 radical (unpaired) electrons. The van der Waals surface area contributed by atoms with E-state index < -0.39 is 0 Å². The SMILES string of the molecule is CCCN(C1CC1)C1CCCCCCC1NC. The largest absolute Gasteiger partial charge is 0.315 e. The second-order valence-corrected chi connectivity index (χ2v) is 5.92. The molecule has 2 aliphatic carbocycles. The van der Waals surface area contributed by atoms with Crippen LogP contribution in [0.1, 0.15) is 64.7 Å². The smallest absolute Gasteiger partial charge is 0.0252 e. The van der Waals surface area contributed by atoms with E-state index in [2.05, 4.69) is 24.2 Å².